The van der Waals surface area contributed by atoms with Crippen LogP contribution in [0.1, 0.15) is 21.7 Å². The molecule has 0 radical (unpaired) electrons. The van der Waals surface area contributed by atoms with Gasteiger partial charge in [0.05, 0.1) is 21.3 Å². The Labute approximate surface area is 163 Å². The van der Waals surface area contributed by atoms with Crippen molar-refractivity contribution in [1.82, 2.24) is 10.5 Å². The SMILES string of the molecule is COc1cc(CNC(=O)c2cc(-c3ccc(C)cc3)no2)cc(OC)c1OC. The lowest BCUT2D eigenvalue weighted by Crippen LogP contribution is -2.22. The normalized spacial score (nSPS) is 10.4. The number of ether oxygens (including phenoxy) is 3. The van der Waals surface area contributed by atoms with Crippen molar-refractivity contribution in [3.8, 4) is 28.5 Å². The predicted octanol–water partition coefficient (Wildman–Crippen LogP) is 3.61. The van der Waals surface area contributed by atoms with Gasteiger partial charge < -0.3 is 24.1 Å². The summed E-state index contributed by atoms with van der Waals surface area (Å²) in [6.07, 6.45) is 0. The summed E-state index contributed by atoms with van der Waals surface area (Å²) in [6.45, 7) is 2.27. The standard InChI is InChI=1S/C21H22N2O5/c1-13-5-7-15(8-6-13)16-11-19(28-23-16)21(24)22-12-14-9-17(25-2)20(27-4)18(10-14)26-3/h5-11H,12H2,1-4H3,(H,22,24). The highest BCUT2D eigenvalue weighted by Gasteiger charge is 2.16. The number of carbonyl (C=O) groups excluding carboxylic acids is 1. The summed E-state index contributed by atoms with van der Waals surface area (Å²) < 4.78 is 21.1. The summed E-state index contributed by atoms with van der Waals surface area (Å²) in [4.78, 5) is 12.4. The molecule has 28 heavy (non-hydrogen) atoms. The minimum Gasteiger partial charge on any atom is -0.493 e. The zero-order chi connectivity index (χ0) is 20.1. The van der Waals surface area contributed by atoms with E-state index in [0.29, 0.717) is 22.9 Å². The van der Waals surface area contributed by atoms with Crippen molar-refractivity contribution >= 4 is 5.91 Å². The van der Waals surface area contributed by atoms with Crippen molar-refractivity contribution in [2.45, 2.75) is 13.5 Å². The fourth-order valence-corrected chi connectivity index (χ4v) is 2.75. The molecule has 0 fully saturated rings. The summed E-state index contributed by atoms with van der Waals surface area (Å²) in [6, 6.07) is 13.0. The van der Waals surface area contributed by atoms with Gasteiger partial charge >= 0.3 is 0 Å². The molecule has 1 aromatic heterocycles. The molecule has 0 saturated carbocycles. The van der Waals surface area contributed by atoms with Crippen molar-refractivity contribution in [3.05, 3.63) is 59.4 Å². The van der Waals surface area contributed by atoms with Crippen molar-refractivity contribution in [2.24, 2.45) is 0 Å². The van der Waals surface area contributed by atoms with Gasteiger partial charge in [-0.15, -0.1) is 0 Å². The van der Waals surface area contributed by atoms with Gasteiger partial charge in [-0.1, -0.05) is 35.0 Å². The maximum Gasteiger partial charge on any atom is 0.290 e. The minimum absolute atomic E-state index is 0.142. The molecule has 1 amide bonds. The van der Waals surface area contributed by atoms with Crippen LogP contribution in [-0.2, 0) is 6.54 Å². The van der Waals surface area contributed by atoms with Gasteiger partial charge in [0.2, 0.25) is 11.5 Å². The van der Waals surface area contributed by atoms with E-state index in [1.807, 2.05) is 31.2 Å². The van der Waals surface area contributed by atoms with Crippen LogP contribution in [0.25, 0.3) is 11.3 Å². The van der Waals surface area contributed by atoms with E-state index in [1.165, 1.54) is 7.11 Å². The van der Waals surface area contributed by atoms with E-state index < -0.39 is 0 Å². The van der Waals surface area contributed by atoms with Crippen LogP contribution in [0.2, 0.25) is 0 Å². The Bertz CT molecular complexity index is 938. The molecule has 0 spiro atoms. The second kappa shape index (κ2) is 8.47. The average molecular weight is 382 g/mol. The maximum atomic E-state index is 12.4. The molecule has 0 aliphatic carbocycles. The Morgan fingerprint density at radius 1 is 1.00 bits per heavy atom. The topological polar surface area (TPSA) is 82.8 Å². The van der Waals surface area contributed by atoms with Crippen molar-refractivity contribution in [3.63, 3.8) is 0 Å². The quantitative estimate of drug-likeness (QED) is 0.672. The van der Waals surface area contributed by atoms with E-state index in [0.717, 1.165) is 16.7 Å². The molecule has 0 saturated heterocycles. The van der Waals surface area contributed by atoms with Gasteiger partial charge in [0.1, 0.15) is 5.69 Å². The van der Waals surface area contributed by atoms with E-state index in [1.54, 1.807) is 32.4 Å². The number of benzene rings is 2. The number of nitrogens with zero attached hydrogens (tertiary/aromatic N) is 1. The first-order valence-corrected chi connectivity index (χ1v) is 8.66. The van der Waals surface area contributed by atoms with Gasteiger partial charge in [0, 0.05) is 18.2 Å². The summed E-state index contributed by atoms with van der Waals surface area (Å²) >= 11 is 0. The van der Waals surface area contributed by atoms with E-state index in [-0.39, 0.29) is 18.2 Å². The molecule has 1 N–H and O–H groups in total. The lowest BCUT2D eigenvalue weighted by Gasteiger charge is -2.14. The highest BCUT2D eigenvalue weighted by atomic mass is 16.5. The lowest BCUT2D eigenvalue weighted by atomic mass is 10.1. The molecule has 146 valence electrons. The zero-order valence-corrected chi connectivity index (χ0v) is 16.2. The van der Waals surface area contributed by atoms with Crippen molar-refractivity contribution in [2.75, 3.05) is 21.3 Å². The number of carbonyl (C=O) groups is 1. The molecular formula is C21H22N2O5. The van der Waals surface area contributed by atoms with Gasteiger partial charge in [0.25, 0.3) is 5.91 Å². The van der Waals surface area contributed by atoms with Crippen LogP contribution in [0.5, 0.6) is 17.2 Å². The number of methoxy groups -OCH3 is 3. The van der Waals surface area contributed by atoms with Gasteiger partial charge in [-0.05, 0) is 24.6 Å². The molecule has 0 unspecified atom stereocenters. The Balaban J connectivity index is 1.71. The molecule has 1 heterocycles. The van der Waals surface area contributed by atoms with E-state index in [4.69, 9.17) is 18.7 Å². The van der Waals surface area contributed by atoms with Crippen molar-refractivity contribution in [1.29, 1.82) is 0 Å². The Hall–Kier alpha value is -3.48. The molecule has 3 aromatic rings. The van der Waals surface area contributed by atoms with Gasteiger partial charge in [-0.3, -0.25) is 4.79 Å². The summed E-state index contributed by atoms with van der Waals surface area (Å²) in [5, 5.41) is 6.78. The molecular weight excluding hydrogens is 360 g/mol. The fraction of sp³-hybridized carbons (Fsp3) is 0.238. The number of hydrogen-bond acceptors (Lipinski definition) is 6. The van der Waals surface area contributed by atoms with Crippen LogP contribution in [0, 0.1) is 6.92 Å². The van der Waals surface area contributed by atoms with Crippen LogP contribution >= 0.6 is 0 Å². The van der Waals surface area contributed by atoms with E-state index >= 15 is 0 Å². The smallest absolute Gasteiger partial charge is 0.290 e. The molecule has 7 nitrogen and oxygen atoms in total. The van der Waals surface area contributed by atoms with Crippen LogP contribution in [0.4, 0.5) is 0 Å². The average Bonchev–Trinajstić information content (AvgIpc) is 3.21. The molecule has 0 atom stereocenters. The van der Waals surface area contributed by atoms with Crippen LogP contribution < -0.4 is 19.5 Å². The molecule has 0 aliphatic rings. The molecule has 0 aliphatic heterocycles. The molecule has 3 rings (SSSR count). The molecule has 2 aromatic carbocycles. The number of aromatic nitrogens is 1. The lowest BCUT2D eigenvalue weighted by molar-refractivity contribution is 0.0914. The highest BCUT2D eigenvalue weighted by molar-refractivity contribution is 5.92. The van der Waals surface area contributed by atoms with Crippen molar-refractivity contribution < 1.29 is 23.5 Å². The zero-order valence-electron chi connectivity index (χ0n) is 16.2. The number of rotatable bonds is 7. The first-order chi connectivity index (χ1) is 13.5. The fourth-order valence-electron chi connectivity index (χ4n) is 2.75. The summed E-state index contributed by atoms with van der Waals surface area (Å²) in [5.41, 5.74) is 3.44. The first-order valence-electron chi connectivity index (χ1n) is 8.66. The number of hydrogen-bond donors (Lipinski definition) is 1. The Kier molecular flexibility index (Phi) is 5.84. The first kappa shape index (κ1) is 19.3. The molecule has 0 bridgehead atoms. The number of aryl methyl sites for hydroxylation is 1. The third kappa shape index (κ3) is 4.09. The molecule has 7 heteroatoms. The Morgan fingerprint density at radius 3 is 2.21 bits per heavy atom. The van der Waals surface area contributed by atoms with Gasteiger partial charge in [-0.25, -0.2) is 0 Å². The maximum absolute atomic E-state index is 12.4. The monoisotopic (exact) mass is 382 g/mol. The van der Waals surface area contributed by atoms with E-state index in [9.17, 15) is 4.79 Å². The highest BCUT2D eigenvalue weighted by Crippen LogP contribution is 2.38. The van der Waals surface area contributed by atoms with Crippen LogP contribution in [-0.4, -0.2) is 32.4 Å². The van der Waals surface area contributed by atoms with Gasteiger partial charge in [0.15, 0.2) is 11.5 Å². The predicted molar refractivity (Wildman–Crippen MR) is 104 cm³/mol. The van der Waals surface area contributed by atoms with Crippen LogP contribution in [0.15, 0.2) is 47.0 Å². The Morgan fingerprint density at radius 2 is 1.64 bits per heavy atom. The number of nitrogens with one attached hydrogen (secondary N) is 1. The largest absolute Gasteiger partial charge is 0.493 e. The number of amides is 1. The minimum atomic E-state index is -0.361. The third-order valence-corrected chi connectivity index (χ3v) is 4.26. The summed E-state index contributed by atoms with van der Waals surface area (Å²) in [5.74, 6) is 1.32. The summed E-state index contributed by atoms with van der Waals surface area (Å²) in [7, 11) is 4.62. The van der Waals surface area contributed by atoms with Gasteiger partial charge in [-0.2, -0.15) is 0 Å². The van der Waals surface area contributed by atoms with Crippen LogP contribution in [0.3, 0.4) is 0 Å². The third-order valence-electron chi connectivity index (χ3n) is 4.26. The second-order valence-electron chi connectivity index (χ2n) is 6.16. The van der Waals surface area contributed by atoms with E-state index in [2.05, 4.69) is 10.5 Å². The second-order valence-corrected chi connectivity index (χ2v) is 6.16.